The predicted molar refractivity (Wildman–Crippen MR) is 101 cm³/mol. The SMILES string of the molecule is Fc1cc2cc3c(cc2cc1F)C1C=CC3c2cc3cc(F)c(F)cc3cc21. The Morgan fingerprint density at radius 2 is 0.643 bits per heavy atom. The molecule has 0 aromatic heterocycles. The summed E-state index contributed by atoms with van der Waals surface area (Å²) < 4.78 is 54.8. The first-order chi connectivity index (χ1) is 13.5. The normalized spacial score (nSPS) is 19.3. The summed E-state index contributed by atoms with van der Waals surface area (Å²) in [5.74, 6) is -3.57. The highest BCUT2D eigenvalue weighted by Gasteiger charge is 2.34. The number of halogens is 4. The lowest BCUT2D eigenvalue weighted by molar-refractivity contribution is 0.511. The van der Waals surface area contributed by atoms with Crippen molar-refractivity contribution in [2.45, 2.75) is 11.8 Å². The molecule has 3 aliphatic carbocycles. The molecule has 0 nitrogen and oxygen atoms in total. The van der Waals surface area contributed by atoms with Crippen LogP contribution >= 0.6 is 0 Å². The highest BCUT2D eigenvalue weighted by atomic mass is 19.2. The molecule has 7 rings (SSSR count). The van der Waals surface area contributed by atoms with Crippen molar-refractivity contribution in [3.63, 3.8) is 0 Å². The van der Waals surface area contributed by atoms with E-state index in [0.29, 0.717) is 21.5 Å². The molecular weight excluding hydrogens is 364 g/mol. The lowest BCUT2D eigenvalue weighted by Crippen LogP contribution is -2.20. The van der Waals surface area contributed by atoms with Crippen LogP contribution in [0.2, 0.25) is 0 Å². The number of fused-ring (bicyclic) bond motifs is 2. The van der Waals surface area contributed by atoms with Crippen LogP contribution in [-0.4, -0.2) is 0 Å². The van der Waals surface area contributed by atoms with Crippen molar-refractivity contribution < 1.29 is 17.6 Å². The van der Waals surface area contributed by atoms with Gasteiger partial charge in [0.2, 0.25) is 0 Å². The third kappa shape index (κ3) is 2.00. The van der Waals surface area contributed by atoms with Crippen LogP contribution in [0.1, 0.15) is 34.1 Å². The molecule has 28 heavy (non-hydrogen) atoms. The summed E-state index contributed by atoms with van der Waals surface area (Å²) in [4.78, 5) is 0. The van der Waals surface area contributed by atoms with Gasteiger partial charge in [-0.2, -0.15) is 0 Å². The van der Waals surface area contributed by atoms with Crippen molar-refractivity contribution in [1.82, 2.24) is 0 Å². The lowest BCUT2D eigenvalue weighted by atomic mass is 9.67. The highest BCUT2D eigenvalue weighted by Crippen LogP contribution is 2.50. The smallest absolute Gasteiger partial charge is 0.159 e. The van der Waals surface area contributed by atoms with E-state index in [0.717, 1.165) is 22.3 Å². The monoisotopic (exact) mass is 376 g/mol. The Kier molecular flexibility index (Phi) is 2.96. The van der Waals surface area contributed by atoms with Crippen LogP contribution in [0.3, 0.4) is 0 Å². The van der Waals surface area contributed by atoms with Gasteiger partial charge in [0.1, 0.15) is 0 Å². The topological polar surface area (TPSA) is 0 Å². The third-order valence-corrected chi connectivity index (χ3v) is 6.00. The first kappa shape index (κ1) is 15.9. The number of hydrogen-bond acceptors (Lipinski definition) is 0. The molecule has 0 atom stereocenters. The van der Waals surface area contributed by atoms with E-state index in [2.05, 4.69) is 12.2 Å². The molecule has 136 valence electrons. The summed E-state index contributed by atoms with van der Waals surface area (Å²) in [6, 6.07) is 12.5. The van der Waals surface area contributed by atoms with Crippen LogP contribution in [0.25, 0.3) is 21.5 Å². The van der Waals surface area contributed by atoms with E-state index in [1.807, 2.05) is 24.3 Å². The average molecular weight is 376 g/mol. The van der Waals surface area contributed by atoms with Crippen molar-refractivity contribution in [1.29, 1.82) is 0 Å². The molecule has 4 heteroatoms. The van der Waals surface area contributed by atoms with E-state index >= 15 is 0 Å². The maximum atomic E-state index is 13.7. The molecule has 0 unspecified atom stereocenters. The summed E-state index contributed by atoms with van der Waals surface area (Å²) in [7, 11) is 0. The van der Waals surface area contributed by atoms with Gasteiger partial charge in [-0.05, 0) is 92.3 Å². The van der Waals surface area contributed by atoms with Crippen LogP contribution in [0.4, 0.5) is 17.6 Å². The molecule has 0 fully saturated rings. The Labute approximate surface area is 157 Å². The fourth-order valence-electron chi connectivity index (χ4n) is 4.71. The van der Waals surface area contributed by atoms with E-state index in [9.17, 15) is 17.6 Å². The largest absolute Gasteiger partial charge is 0.204 e. The molecule has 3 aliphatic rings. The third-order valence-electron chi connectivity index (χ3n) is 6.00. The van der Waals surface area contributed by atoms with Gasteiger partial charge in [-0.3, -0.25) is 0 Å². The standard InChI is InChI=1S/C24H12F4/c25-21-7-11-3-17-15-1-2-16(19(17)5-13(11)9-23(21)27)20-6-14-10-24(28)22(26)8-12(14)4-18(15)20/h1-10,15-16H. The minimum atomic E-state index is -0.868. The molecule has 4 aromatic carbocycles. The number of hydrogen-bond donors (Lipinski definition) is 0. The van der Waals surface area contributed by atoms with Crippen LogP contribution in [0.5, 0.6) is 0 Å². The van der Waals surface area contributed by atoms with Crippen molar-refractivity contribution in [2.24, 2.45) is 0 Å². The summed E-state index contributed by atoms with van der Waals surface area (Å²) in [5, 5.41) is 2.59. The fourth-order valence-corrected chi connectivity index (χ4v) is 4.71. The van der Waals surface area contributed by atoms with Crippen molar-refractivity contribution in [3.8, 4) is 0 Å². The Balaban J connectivity index is 1.63. The van der Waals surface area contributed by atoms with Crippen LogP contribution in [-0.2, 0) is 0 Å². The maximum absolute atomic E-state index is 13.7. The van der Waals surface area contributed by atoms with Crippen LogP contribution in [0, 0.1) is 23.3 Å². The predicted octanol–water partition coefficient (Wildman–Crippen LogP) is 6.70. The van der Waals surface area contributed by atoms with E-state index in [1.165, 1.54) is 24.3 Å². The van der Waals surface area contributed by atoms with Crippen LogP contribution < -0.4 is 0 Å². The Hall–Kier alpha value is -3.14. The average Bonchev–Trinajstić information content (AvgIpc) is 2.67. The van der Waals surface area contributed by atoms with Gasteiger partial charge in [0.15, 0.2) is 23.3 Å². The van der Waals surface area contributed by atoms with Gasteiger partial charge in [0.05, 0.1) is 0 Å². The lowest BCUT2D eigenvalue weighted by Gasteiger charge is -2.36. The van der Waals surface area contributed by atoms with Gasteiger partial charge < -0.3 is 0 Å². The van der Waals surface area contributed by atoms with Crippen molar-refractivity contribution in [3.05, 3.63) is 106 Å². The second-order valence-electron chi connectivity index (χ2n) is 7.53. The zero-order chi connectivity index (χ0) is 19.2. The van der Waals surface area contributed by atoms with Gasteiger partial charge in [0, 0.05) is 11.8 Å². The van der Waals surface area contributed by atoms with Gasteiger partial charge in [-0.25, -0.2) is 17.6 Å². The number of benzene rings is 4. The van der Waals surface area contributed by atoms with Crippen molar-refractivity contribution >= 4 is 21.5 Å². The van der Waals surface area contributed by atoms with Gasteiger partial charge in [-0.1, -0.05) is 12.2 Å². The van der Waals surface area contributed by atoms with Crippen LogP contribution in [0.15, 0.2) is 60.7 Å². The summed E-state index contributed by atoms with van der Waals surface area (Å²) in [6.45, 7) is 0. The molecule has 0 saturated carbocycles. The number of allylic oxidation sites excluding steroid dienone is 2. The number of rotatable bonds is 0. The van der Waals surface area contributed by atoms with E-state index in [-0.39, 0.29) is 11.8 Å². The zero-order valence-electron chi connectivity index (χ0n) is 14.4. The second kappa shape index (κ2) is 5.22. The second-order valence-corrected chi connectivity index (χ2v) is 7.53. The Morgan fingerprint density at radius 1 is 0.393 bits per heavy atom. The Bertz CT molecular complexity index is 1160. The van der Waals surface area contributed by atoms with Gasteiger partial charge in [-0.15, -0.1) is 0 Å². The highest BCUT2D eigenvalue weighted by molar-refractivity contribution is 5.89. The molecule has 0 radical (unpaired) electrons. The quantitative estimate of drug-likeness (QED) is 0.237. The van der Waals surface area contributed by atoms with Gasteiger partial charge in [0.25, 0.3) is 0 Å². The van der Waals surface area contributed by atoms with E-state index in [1.54, 1.807) is 0 Å². The summed E-state index contributed by atoms with van der Waals surface area (Å²) in [5.41, 5.74) is 4.17. The minimum Gasteiger partial charge on any atom is -0.204 e. The molecule has 0 saturated heterocycles. The molecule has 0 heterocycles. The molecule has 0 aliphatic heterocycles. The first-order valence-corrected chi connectivity index (χ1v) is 9.03. The summed E-state index contributed by atoms with van der Waals surface area (Å²) >= 11 is 0. The molecule has 4 aromatic rings. The van der Waals surface area contributed by atoms with Crippen molar-refractivity contribution in [2.75, 3.05) is 0 Å². The van der Waals surface area contributed by atoms with E-state index in [4.69, 9.17) is 0 Å². The Morgan fingerprint density at radius 3 is 0.893 bits per heavy atom. The molecular formula is C24H12F4. The minimum absolute atomic E-state index is 0.0509. The summed E-state index contributed by atoms with van der Waals surface area (Å²) in [6.07, 6.45) is 4.18. The molecule has 0 N–H and O–H groups in total. The molecule has 0 amide bonds. The maximum Gasteiger partial charge on any atom is 0.159 e. The zero-order valence-corrected chi connectivity index (χ0v) is 14.4. The van der Waals surface area contributed by atoms with E-state index < -0.39 is 23.3 Å². The fraction of sp³-hybridized carbons (Fsp3) is 0.0833. The first-order valence-electron chi connectivity index (χ1n) is 9.03. The molecule has 2 bridgehead atoms. The van der Waals surface area contributed by atoms with Gasteiger partial charge >= 0.3 is 0 Å². The molecule has 0 spiro atoms.